The zero-order valence-corrected chi connectivity index (χ0v) is 26.5. The van der Waals surface area contributed by atoms with Crippen molar-refractivity contribution in [1.82, 2.24) is 9.91 Å². The zero-order chi connectivity index (χ0) is 33.2. The topological polar surface area (TPSA) is 116 Å². The highest BCUT2D eigenvalue weighted by atomic mass is 35.5. The van der Waals surface area contributed by atoms with Crippen LogP contribution in [0, 0.1) is 29.5 Å². The molecule has 4 aliphatic rings. The molecule has 6 atom stereocenters. The Kier molecular flexibility index (Phi) is 7.58. The van der Waals surface area contributed by atoms with Crippen LogP contribution in [-0.2, 0) is 24.6 Å². The number of nitrogens with one attached hydrogen (secondary N) is 1. The molecule has 9 nitrogen and oxygen atoms in total. The molecule has 2 aliphatic heterocycles. The van der Waals surface area contributed by atoms with Crippen LogP contribution in [0.4, 0.5) is 10.1 Å². The number of phenols is 1. The Hall–Kier alpha value is -4.70. The number of hydrogen-bond acceptors (Lipinski definition) is 7. The number of carbonyl (C=O) groups excluding carboxylic acids is 4. The lowest BCUT2D eigenvalue weighted by Gasteiger charge is -2.50. The number of aromatic hydroxyl groups is 1. The third-order valence-corrected chi connectivity index (χ3v) is 10.6. The predicted molar refractivity (Wildman–Crippen MR) is 171 cm³/mol. The third-order valence-electron chi connectivity index (χ3n) is 10.3. The van der Waals surface area contributed by atoms with E-state index in [9.17, 15) is 23.9 Å². The quantitative estimate of drug-likeness (QED) is 0.251. The number of imide groups is 2. The highest BCUT2D eigenvalue weighted by Gasteiger charge is 2.70. The molecule has 2 N–H and O–H groups in total. The highest BCUT2D eigenvalue weighted by molar-refractivity contribution is 6.30. The Labute approximate surface area is 275 Å². The van der Waals surface area contributed by atoms with Gasteiger partial charge >= 0.3 is 0 Å². The van der Waals surface area contributed by atoms with Crippen molar-refractivity contribution < 1.29 is 33.4 Å². The molecule has 3 fully saturated rings. The number of amides is 4. The summed E-state index contributed by atoms with van der Waals surface area (Å²) in [5, 5.41) is 12.9. The average molecular weight is 658 g/mol. The molecule has 2 saturated heterocycles. The summed E-state index contributed by atoms with van der Waals surface area (Å²) >= 11 is 6.32. The van der Waals surface area contributed by atoms with E-state index in [1.807, 2.05) is 13.0 Å². The molecular weight excluding hydrogens is 625 g/mol. The SMILES string of the molecule is CCCN1C(=O)[C@H]2[C@H](CC=C3[C@H]2C[C@H]2C(=O)N(Nc4ccc(F)cc4)C(=O)[C@@]2(c2ccc(Cl)cc2)[C@H]3c2cc(OC)ccc2O)C1=O. The monoisotopic (exact) mass is 657 g/mol. The number of hydrogen-bond donors (Lipinski definition) is 2. The van der Waals surface area contributed by atoms with Gasteiger partial charge in [-0.1, -0.05) is 42.3 Å². The maximum absolute atomic E-state index is 15.1. The highest BCUT2D eigenvalue weighted by Crippen LogP contribution is 2.65. The van der Waals surface area contributed by atoms with Gasteiger partial charge in [-0.2, -0.15) is 5.01 Å². The van der Waals surface area contributed by atoms with Crippen LogP contribution in [0.3, 0.4) is 0 Å². The number of fused-ring (bicyclic) bond motifs is 4. The van der Waals surface area contributed by atoms with Gasteiger partial charge in [0.2, 0.25) is 11.8 Å². The second kappa shape index (κ2) is 11.5. The van der Waals surface area contributed by atoms with Crippen molar-refractivity contribution in [3.63, 3.8) is 0 Å². The largest absolute Gasteiger partial charge is 0.508 e. The second-order valence-corrected chi connectivity index (χ2v) is 13.1. The number of hydrazine groups is 1. The standard InChI is InChI=1S/C36H33ClFN3O6/c1-3-16-40-32(43)25-14-13-24-26(30(25)34(40)45)18-28-33(44)41(39-22-10-8-21(38)9-11-22)35(46)36(28,19-4-6-20(37)7-5-19)31(24)27-17-23(47-2)12-15-29(27)42/h4-13,15,17,25-26,28,30-31,39,42H,3,14,16,18H2,1-2H3/t25-,26+,28-,30-,31+,36+/m0/s1. The average Bonchev–Trinajstić information content (AvgIpc) is 3.44. The predicted octanol–water partition coefficient (Wildman–Crippen LogP) is 5.59. The number of anilines is 1. The van der Waals surface area contributed by atoms with Crippen LogP contribution in [-0.4, -0.2) is 52.3 Å². The third kappa shape index (κ3) is 4.56. The first-order chi connectivity index (χ1) is 22.6. The Balaban J connectivity index is 1.47. The first kappa shape index (κ1) is 30.9. The molecule has 47 heavy (non-hydrogen) atoms. The molecule has 0 unspecified atom stereocenters. The van der Waals surface area contributed by atoms with Gasteiger partial charge in [-0.25, -0.2) is 4.39 Å². The molecule has 7 rings (SSSR count). The van der Waals surface area contributed by atoms with E-state index in [-0.39, 0.29) is 30.4 Å². The zero-order valence-electron chi connectivity index (χ0n) is 25.8. The Morgan fingerprint density at radius 2 is 1.70 bits per heavy atom. The van der Waals surface area contributed by atoms with E-state index in [2.05, 4.69) is 5.43 Å². The minimum atomic E-state index is -1.59. The number of halogens is 2. The van der Waals surface area contributed by atoms with E-state index in [0.717, 1.165) is 5.01 Å². The number of methoxy groups -OCH3 is 1. The molecule has 2 aliphatic carbocycles. The van der Waals surface area contributed by atoms with Crippen molar-refractivity contribution in [2.45, 2.75) is 37.5 Å². The van der Waals surface area contributed by atoms with E-state index in [0.29, 0.717) is 46.1 Å². The van der Waals surface area contributed by atoms with Crippen molar-refractivity contribution in [2.24, 2.45) is 23.7 Å². The van der Waals surface area contributed by atoms with Gasteiger partial charge in [-0.15, -0.1) is 0 Å². The van der Waals surface area contributed by atoms with Crippen molar-refractivity contribution in [3.8, 4) is 11.5 Å². The van der Waals surface area contributed by atoms with Gasteiger partial charge in [-0.3, -0.25) is 29.5 Å². The van der Waals surface area contributed by atoms with Gasteiger partial charge in [0.05, 0.1) is 36.0 Å². The number of nitrogens with zero attached hydrogens (tertiary/aromatic N) is 2. The summed E-state index contributed by atoms with van der Waals surface area (Å²) < 4.78 is 19.3. The van der Waals surface area contributed by atoms with Crippen molar-refractivity contribution in [1.29, 1.82) is 0 Å². The number of carbonyl (C=O) groups is 4. The molecule has 1 saturated carbocycles. The molecule has 0 spiro atoms. The van der Waals surface area contributed by atoms with E-state index >= 15 is 4.79 Å². The van der Waals surface area contributed by atoms with Gasteiger partial charge in [0.25, 0.3) is 11.8 Å². The number of ether oxygens (including phenoxy) is 1. The summed E-state index contributed by atoms with van der Waals surface area (Å²) in [4.78, 5) is 58.5. The minimum Gasteiger partial charge on any atom is -0.508 e. The van der Waals surface area contributed by atoms with Crippen LogP contribution >= 0.6 is 11.6 Å². The molecular formula is C36H33ClFN3O6. The molecule has 11 heteroatoms. The summed E-state index contributed by atoms with van der Waals surface area (Å²) in [6, 6.07) is 16.8. The molecule has 3 aromatic carbocycles. The van der Waals surface area contributed by atoms with Gasteiger partial charge < -0.3 is 9.84 Å². The van der Waals surface area contributed by atoms with Gasteiger partial charge in [0, 0.05) is 23.0 Å². The Bertz CT molecular complexity index is 1830. The summed E-state index contributed by atoms with van der Waals surface area (Å²) in [6.45, 7) is 2.21. The van der Waals surface area contributed by atoms with E-state index in [1.54, 1.807) is 36.4 Å². The molecule has 0 bridgehead atoms. The van der Waals surface area contributed by atoms with Crippen molar-refractivity contribution in [3.05, 3.63) is 100 Å². The fourth-order valence-corrected chi connectivity index (χ4v) is 8.53. The molecule has 2 heterocycles. The summed E-state index contributed by atoms with van der Waals surface area (Å²) in [7, 11) is 1.49. The maximum atomic E-state index is 15.1. The first-order valence-electron chi connectivity index (χ1n) is 15.7. The fourth-order valence-electron chi connectivity index (χ4n) is 8.40. The van der Waals surface area contributed by atoms with E-state index in [1.165, 1.54) is 42.3 Å². The lowest BCUT2D eigenvalue weighted by atomic mass is 9.49. The number of phenolic OH excluding ortho intramolecular Hbond substituents is 1. The van der Waals surface area contributed by atoms with Crippen LogP contribution in [0.5, 0.6) is 11.5 Å². The molecule has 0 aromatic heterocycles. The Morgan fingerprint density at radius 3 is 2.38 bits per heavy atom. The van der Waals surface area contributed by atoms with Crippen molar-refractivity contribution in [2.75, 3.05) is 19.1 Å². The molecule has 4 amide bonds. The lowest BCUT2D eigenvalue weighted by molar-refractivity contribution is -0.141. The van der Waals surface area contributed by atoms with Gasteiger partial charge in [0.15, 0.2) is 0 Å². The van der Waals surface area contributed by atoms with Crippen LogP contribution in [0.1, 0.15) is 43.2 Å². The first-order valence-corrected chi connectivity index (χ1v) is 16.1. The van der Waals surface area contributed by atoms with E-state index in [4.69, 9.17) is 16.3 Å². The molecule has 3 aromatic rings. The van der Waals surface area contributed by atoms with Crippen LogP contribution in [0.15, 0.2) is 78.4 Å². The lowest BCUT2D eigenvalue weighted by Crippen LogP contribution is -2.53. The Morgan fingerprint density at radius 1 is 0.979 bits per heavy atom. The van der Waals surface area contributed by atoms with Gasteiger partial charge in [-0.05, 0) is 85.3 Å². The molecule has 242 valence electrons. The smallest absolute Gasteiger partial charge is 0.260 e. The normalized spacial score (nSPS) is 28.2. The van der Waals surface area contributed by atoms with Crippen LogP contribution in [0.2, 0.25) is 5.02 Å². The number of allylic oxidation sites excluding steroid dienone is 2. The number of benzene rings is 3. The number of likely N-dealkylation sites (tertiary alicyclic amines) is 1. The second-order valence-electron chi connectivity index (χ2n) is 12.6. The van der Waals surface area contributed by atoms with Crippen LogP contribution in [0.25, 0.3) is 0 Å². The van der Waals surface area contributed by atoms with Gasteiger partial charge in [0.1, 0.15) is 17.3 Å². The summed E-state index contributed by atoms with van der Waals surface area (Å²) in [6.07, 6.45) is 2.94. The summed E-state index contributed by atoms with van der Waals surface area (Å²) in [5.74, 6) is -5.56. The summed E-state index contributed by atoms with van der Waals surface area (Å²) in [5.41, 5.74) is 3.21. The number of rotatable bonds is 7. The van der Waals surface area contributed by atoms with E-state index < -0.39 is 52.6 Å². The molecule has 0 radical (unpaired) electrons. The fraction of sp³-hybridized carbons (Fsp3) is 0.333. The van der Waals surface area contributed by atoms with Crippen LogP contribution < -0.4 is 10.2 Å². The maximum Gasteiger partial charge on any atom is 0.260 e. The minimum absolute atomic E-state index is 0.113. The van der Waals surface area contributed by atoms with Crippen molar-refractivity contribution >= 4 is 40.9 Å².